The molecule has 1 fully saturated rings. The Morgan fingerprint density at radius 1 is 1.48 bits per heavy atom. The molecule has 0 aromatic carbocycles. The highest BCUT2D eigenvalue weighted by molar-refractivity contribution is 5.92. The van der Waals surface area contributed by atoms with Crippen LogP contribution < -0.4 is 0 Å². The second kappa shape index (κ2) is 9.03. The van der Waals surface area contributed by atoms with E-state index in [9.17, 15) is 9.18 Å². The van der Waals surface area contributed by atoms with Crippen molar-refractivity contribution in [3.8, 4) is 0 Å². The zero-order chi connectivity index (χ0) is 19.2. The van der Waals surface area contributed by atoms with Gasteiger partial charge in [-0.1, -0.05) is 19.0 Å². The van der Waals surface area contributed by atoms with Crippen molar-refractivity contribution in [2.45, 2.75) is 45.6 Å². The topological polar surface area (TPSA) is 81.4 Å². The van der Waals surface area contributed by atoms with E-state index in [0.717, 1.165) is 19.3 Å². The van der Waals surface area contributed by atoms with Gasteiger partial charge >= 0.3 is 0 Å². The summed E-state index contributed by atoms with van der Waals surface area (Å²) >= 11 is 0. The van der Waals surface area contributed by atoms with Gasteiger partial charge in [-0.25, -0.2) is 9.37 Å². The van der Waals surface area contributed by atoms with Crippen LogP contribution >= 0.6 is 0 Å². The first kappa shape index (κ1) is 19.4. The molecule has 3 rings (SSSR count). The van der Waals surface area contributed by atoms with Crippen molar-refractivity contribution < 1.29 is 18.4 Å². The standard InChI is InChI=1S/C19H25FN4O3/c1-13(2)11-17-22-16(23-27-17)7-10-26-14-5-4-9-24(12-14)19(25)18-15(20)6-3-8-21-18/h3,6,8,13-14H,4-5,7,9-12H2,1-2H3. The molecule has 1 atom stereocenters. The summed E-state index contributed by atoms with van der Waals surface area (Å²) < 4.78 is 24.9. The largest absolute Gasteiger partial charge is 0.376 e. The maximum Gasteiger partial charge on any atom is 0.275 e. The number of likely N-dealkylation sites (tertiary alicyclic amines) is 1. The second-order valence-electron chi connectivity index (χ2n) is 7.17. The van der Waals surface area contributed by atoms with Crippen LogP contribution in [0.2, 0.25) is 0 Å². The van der Waals surface area contributed by atoms with Crippen LogP contribution in [0.25, 0.3) is 0 Å². The molecule has 0 spiro atoms. The van der Waals surface area contributed by atoms with Gasteiger partial charge in [0.15, 0.2) is 17.3 Å². The number of halogens is 1. The van der Waals surface area contributed by atoms with Gasteiger partial charge in [-0.15, -0.1) is 0 Å². The molecule has 1 saturated heterocycles. The van der Waals surface area contributed by atoms with E-state index >= 15 is 0 Å². The number of carbonyl (C=O) groups is 1. The first-order valence-electron chi connectivity index (χ1n) is 9.35. The number of nitrogens with zero attached hydrogens (tertiary/aromatic N) is 4. The van der Waals surface area contributed by atoms with Crippen LogP contribution in [0, 0.1) is 11.7 Å². The predicted octanol–water partition coefficient (Wildman–Crippen LogP) is 2.67. The Balaban J connectivity index is 1.48. The van der Waals surface area contributed by atoms with E-state index in [2.05, 4.69) is 29.0 Å². The summed E-state index contributed by atoms with van der Waals surface area (Å²) in [7, 11) is 0. The molecule has 8 heteroatoms. The first-order chi connectivity index (χ1) is 13.0. The lowest BCUT2D eigenvalue weighted by atomic mass is 10.1. The van der Waals surface area contributed by atoms with Crippen molar-refractivity contribution in [3.63, 3.8) is 0 Å². The molecular weight excluding hydrogens is 351 g/mol. The predicted molar refractivity (Wildman–Crippen MR) is 95.6 cm³/mol. The van der Waals surface area contributed by atoms with Crippen LogP contribution in [0.5, 0.6) is 0 Å². The second-order valence-corrected chi connectivity index (χ2v) is 7.17. The van der Waals surface area contributed by atoms with Crippen molar-refractivity contribution in [1.29, 1.82) is 0 Å². The maximum absolute atomic E-state index is 13.8. The number of amides is 1. The molecular formula is C19H25FN4O3. The molecule has 7 nitrogen and oxygen atoms in total. The number of carbonyl (C=O) groups excluding carboxylic acids is 1. The van der Waals surface area contributed by atoms with Gasteiger partial charge in [0.25, 0.3) is 5.91 Å². The van der Waals surface area contributed by atoms with E-state index in [1.54, 1.807) is 4.90 Å². The normalized spacial score (nSPS) is 17.5. The Hall–Kier alpha value is -2.35. The fourth-order valence-electron chi connectivity index (χ4n) is 3.09. The molecule has 0 aliphatic carbocycles. The minimum Gasteiger partial charge on any atom is -0.376 e. The SMILES string of the molecule is CC(C)Cc1nc(CCOC2CCCN(C(=O)c3ncccc3F)C2)no1. The lowest BCUT2D eigenvalue weighted by Gasteiger charge is -2.32. The summed E-state index contributed by atoms with van der Waals surface area (Å²) in [5.41, 5.74) is -0.136. The van der Waals surface area contributed by atoms with E-state index < -0.39 is 11.7 Å². The molecule has 1 aliphatic rings. The highest BCUT2D eigenvalue weighted by Crippen LogP contribution is 2.17. The van der Waals surface area contributed by atoms with E-state index in [0.29, 0.717) is 43.8 Å². The van der Waals surface area contributed by atoms with Crippen LogP contribution in [0.3, 0.4) is 0 Å². The molecule has 0 bridgehead atoms. The number of ether oxygens (including phenoxy) is 1. The van der Waals surface area contributed by atoms with E-state index in [-0.39, 0.29) is 11.8 Å². The molecule has 2 aromatic rings. The zero-order valence-corrected chi connectivity index (χ0v) is 15.7. The molecule has 1 unspecified atom stereocenters. The van der Waals surface area contributed by atoms with Gasteiger partial charge < -0.3 is 14.2 Å². The minimum atomic E-state index is -0.597. The zero-order valence-electron chi connectivity index (χ0n) is 15.7. The first-order valence-corrected chi connectivity index (χ1v) is 9.35. The summed E-state index contributed by atoms with van der Waals surface area (Å²) in [5, 5.41) is 3.96. The van der Waals surface area contributed by atoms with E-state index in [1.807, 2.05) is 0 Å². The smallest absolute Gasteiger partial charge is 0.275 e. The number of aromatic nitrogens is 3. The molecule has 3 heterocycles. The van der Waals surface area contributed by atoms with Crippen LogP contribution in [-0.2, 0) is 17.6 Å². The van der Waals surface area contributed by atoms with Crippen molar-refractivity contribution in [3.05, 3.63) is 41.6 Å². The Labute approximate surface area is 157 Å². The minimum absolute atomic E-state index is 0.0866. The van der Waals surface area contributed by atoms with Gasteiger partial charge in [0, 0.05) is 32.1 Å². The highest BCUT2D eigenvalue weighted by Gasteiger charge is 2.27. The van der Waals surface area contributed by atoms with Crippen LogP contribution in [-0.4, -0.2) is 51.7 Å². The molecule has 0 radical (unpaired) electrons. The Morgan fingerprint density at radius 2 is 2.33 bits per heavy atom. The van der Waals surface area contributed by atoms with Gasteiger partial charge in [-0.2, -0.15) is 4.98 Å². The molecule has 2 aromatic heterocycles. The number of rotatable bonds is 7. The summed E-state index contributed by atoms with van der Waals surface area (Å²) in [5.74, 6) is 0.749. The van der Waals surface area contributed by atoms with Gasteiger partial charge in [-0.3, -0.25) is 4.79 Å². The van der Waals surface area contributed by atoms with Gasteiger partial charge in [0.1, 0.15) is 0 Å². The lowest BCUT2D eigenvalue weighted by molar-refractivity contribution is 0.00216. The summed E-state index contributed by atoms with van der Waals surface area (Å²) in [6.45, 7) is 5.66. The third-order valence-corrected chi connectivity index (χ3v) is 4.40. The van der Waals surface area contributed by atoms with Crippen molar-refractivity contribution in [2.75, 3.05) is 19.7 Å². The molecule has 1 amide bonds. The van der Waals surface area contributed by atoms with Crippen LogP contribution in [0.1, 0.15) is 48.9 Å². The third kappa shape index (κ3) is 5.32. The van der Waals surface area contributed by atoms with Crippen molar-refractivity contribution in [1.82, 2.24) is 20.0 Å². The highest BCUT2D eigenvalue weighted by atomic mass is 19.1. The van der Waals surface area contributed by atoms with Gasteiger partial charge in [-0.05, 0) is 30.9 Å². The Kier molecular flexibility index (Phi) is 6.49. The maximum atomic E-state index is 13.8. The number of hydrogen-bond acceptors (Lipinski definition) is 6. The van der Waals surface area contributed by atoms with Crippen LogP contribution in [0.15, 0.2) is 22.9 Å². The lowest BCUT2D eigenvalue weighted by Crippen LogP contribution is -2.44. The fraction of sp³-hybridized carbons (Fsp3) is 0.579. The van der Waals surface area contributed by atoms with E-state index in [4.69, 9.17) is 9.26 Å². The summed E-state index contributed by atoms with van der Waals surface area (Å²) in [6, 6.07) is 2.72. The van der Waals surface area contributed by atoms with Crippen molar-refractivity contribution >= 4 is 5.91 Å². The fourth-order valence-corrected chi connectivity index (χ4v) is 3.09. The number of pyridine rings is 1. The Morgan fingerprint density at radius 3 is 3.11 bits per heavy atom. The summed E-state index contributed by atoms with van der Waals surface area (Å²) in [6.07, 6.45) is 4.33. The average molecular weight is 376 g/mol. The average Bonchev–Trinajstić information content (AvgIpc) is 3.08. The molecule has 146 valence electrons. The summed E-state index contributed by atoms with van der Waals surface area (Å²) in [4.78, 5) is 22.3. The third-order valence-electron chi connectivity index (χ3n) is 4.40. The van der Waals surface area contributed by atoms with Gasteiger partial charge in [0.05, 0.1) is 12.7 Å². The number of piperidine rings is 1. The molecule has 27 heavy (non-hydrogen) atoms. The quantitative estimate of drug-likeness (QED) is 0.739. The monoisotopic (exact) mass is 376 g/mol. The van der Waals surface area contributed by atoms with Gasteiger partial charge in [0.2, 0.25) is 5.89 Å². The Bertz CT molecular complexity index is 765. The van der Waals surface area contributed by atoms with E-state index in [1.165, 1.54) is 18.3 Å². The molecule has 0 saturated carbocycles. The van der Waals surface area contributed by atoms with Crippen molar-refractivity contribution in [2.24, 2.45) is 5.92 Å². The number of hydrogen-bond donors (Lipinski definition) is 0. The molecule has 1 aliphatic heterocycles. The molecule has 0 N–H and O–H groups in total. The van der Waals surface area contributed by atoms with Crippen LogP contribution in [0.4, 0.5) is 4.39 Å².